The zero-order chi connectivity index (χ0) is 19.8. The third-order valence-electron chi connectivity index (χ3n) is 5.03. The van der Waals surface area contributed by atoms with Gasteiger partial charge in [0.25, 0.3) is 17.0 Å². The highest BCUT2D eigenvalue weighted by Crippen LogP contribution is 2.22. The molecular formula is C19H18N4O5. The molecule has 1 amide bonds. The summed E-state index contributed by atoms with van der Waals surface area (Å²) in [5.41, 5.74) is -0.778. The molecule has 1 saturated heterocycles. The van der Waals surface area contributed by atoms with E-state index in [2.05, 4.69) is 9.97 Å². The minimum atomic E-state index is -0.563. The highest BCUT2D eigenvalue weighted by Gasteiger charge is 2.27. The van der Waals surface area contributed by atoms with Crippen LogP contribution in [0.2, 0.25) is 0 Å². The molecule has 28 heavy (non-hydrogen) atoms. The average molecular weight is 382 g/mol. The van der Waals surface area contributed by atoms with Crippen molar-refractivity contribution in [3.63, 3.8) is 0 Å². The predicted octanol–water partition coefficient (Wildman–Crippen LogP) is 0.561. The zero-order valence-corrected chi connectivity index (χ0v) is 14.8. The van der Waals surface area contributed by atoms with Gasteiger partial charge in [-0.3, -0.25) is 23.9 Å². The molecule has 4 rings (SSSR count). The molecule has 0 radical (unpaired) electrons. The molecule has 9 heteroatoms. The summed E-state index contributed by atoms with van der Waals surface area (Å²) in [6.45, 7) is 0.658. The topological polar surface area (TPSA) is 128 Å². The van der Waals surface area contributed by atoms with E-state index < -0.39 is 11.2 Å². The van der Waals surface area contributed by atoms with Crippen molar-refractivity contribution in [2.75, 3.05) is 13.1 Å². The van der Waals surface area contributed by atoms with Crippen molar-refractivity contribution in [1.29, 1.82) is 0 Å². The first-order chi connectivity index (χ1) is 13.4. The van der Waals surface area contributed by atoms with E-state index in [9.17, 15) is 24.3 Å². The van der Waals surface area contributed by atoms with Gasteiger partial charge < -0.3 is 15.0 Å². The molecule has 1 aromatic carbocycles. The van der Waals surface area contributed by atoms with Crippen molar-refractivity contribution in [1.82, 2.24) is 19.4 Å². The minimum absolute atomic E-state index is 0.0976. The lowest BCUT2D eigenvalue weighted by Gasteiger charge is -2.32. The first-order valence-corrected chi connectivity index (χ1v) is 8.90. The van der Waals surface area contributed by atoms with Crippen LogP contribution >= 0.6 is 0 Å². The van der Waals surface area contributed by atoms with Gasteiger partial charge in [0.15, 0.2) is 5.88 Å². The Labute approximate surface area is 157 Å². The zero-order valence-electron chi connectivity index (χ0n) is 14.8. The van der Waals surface area contributed by atoms with Crippen LogP contribution in [0, 0.1) is 0 Å². The second kappa shape index (κ2) is 6.84. The molecule has 144 valence electrons. The van der Waals surface area contributed by atoms with Crippen LogP contribution < -0.4 is 16.8 Å². The Morgan fingerprint density at radius 1 is 1.04 bits per heavy atom. The Kier molecular flexibility index (Phi) is 4.34. The number of para-hydroxylation sites is 1. The van der Waals surface area contributed by atoms with Crippen molar-refractivity contribution >= 4 is 16.8 Å². The number of aromatic amines is 2. The molecule has 1 fully saturated rings. The van der Waals surface area contributed by atoms with Gasteiger partial charge in [0.2, 0.25) is 0 Å². The summed E-state index contributed by atoms with van der Waals surface area (Å²) in [7, 11) is 0. The molecule has 0 aliphatic carbocycles. The van der Waals surface area contributed by atoms with Gasteiger partial charge in [-0.05, 0) is 25.0 Å². The number of benzene rings is 1. The number of carbonyl (C=O) groups is 1. The minimum Gasteiger partial charge on any atom is -0.494 e. The van der Waals surface area contributed by atoms with Gasteiger partial charge in [-0.1, -0.05) is 12.1 Å². The number of nitrogens with zero attached hydrogens (tertiary/aromatic N) is 2. The summed E-state index contributed by atoms with van der Waals surface area (Å²) in [6.07, 6.45) is 0.866. The van der Waals surface area contributed by atoms with Crippen LogP contribution in [-0.4, -0.2) is 43.5 Å². The van der Waals surface area contributed by atoms with Gasteiger partial charge in [0.1, 0.15) is 0 Å². The van der Waals surface area contributed by atoms with Crippen LogP contribution in [0.3, 0.4) is 0 Å². The van der Waals surface area contributed by atoms with Crippen molar-refractivity contribution in [3.05, 3.63) is 73.2 Å². The van der Waals surface area contributed by atoms with Gasteiger partial charge in [-0.15, -0.1) is 0 Å². The summed E-state index contributed by atoms with van der Waals surface area (Å²) >= 11 is 0. The van der Waals surface area contributed by atoms with Gasteiger partial charge in [-0.25, -0.2) is 4.79 Å². The predicted molar refractivity (Wildman–Crippen MR) is 102 cm³/mol. The smallest absolute Gasteiger partial charge is 0.329 e. The SMILES string of the molecule is O=C(c1cc(O)[nH]c(=O)c1)N1CCC(n2c(=O)[nH]c3ccccc3c2=O)CC1. The number of H-pyrrole nitrogens is 2. The summed E-state index contributed by atoms with van der Waals surface area (Å²) in [5, 5.41) is 9.92. The Morgan fingerprint density at radius 2 is 1.75 bits per heavy atom. The van der Waals surface area contributed by atoms with E-state index in [-0.39, 0.29) is 29.0 Å². The lowest BCUT2D eigenvalue weighted by Crippen LogP contribution is -2.45. The summed E-state index contributed by atoms with van der Waals surface area (Å²) < 4.78 is 1.23. The fourth-order valence-electron chi connectivity index (χ4n) is 3.67. The van der Waals surface area contributed by atoms with E-state index in [0.717, 1.165) is 6.07 Å². The molecule has 9 nitrogen and oxygen atoms in total. The van der Waals surface area contributed by atoms with E-state index in [4.69, 9.17) is 0 Å². The van der Waals surface area contributed by atoms with Gasteiger partial charge in [0, 0.05) is 31.3 Å². The van der Waals surface area contributed by atoms with Crippen LogP contribution in [-0.2, 0) is 0 Å². The van der Waals surface area contributed by atoms with Crippen LogP contribution in [0.25, 0.3) is 10.9 Å². The number of pyridine rings is 1. The molecule has 2 aromatic heterocycles. The summed E-state index contributed by atoms with van der Waals surface area (Å²) in [5.74, 6) is -0.750. The number of piperidine rings is 1. The number of aromatic nitrogens is 3. The monoisotopic (exact) mass is 382 g/mol. The standard InChI is InChI=1S/C19H18N4O5/c24-15-9-11(10-16(25)21-15)17(26)22-7-5-12(6-8-22)23-18(27)13-3-1-2-4-14(13)20-19(23)28/h1-4,9-10,12H,5-8H2,(H,20,28)(H2,21,24,25). The van der Waals surface area contributed by atoms with Crippen molar-refractivity contribution in [2.24, 2.45) is 0 Å². The molecule has 0 bridgehead atoms. The van der Waals surface area contributed by atoms with Gasteiger partial charge in [-0.2, -0.15) is 0 Å². The first kappa shape index (κ1) is 17.8. The molecule has 0 unspecified atom stereocenters. The molecular weight excluding hydrogens is 364 g/mol. The Bertz CT molecular complexity index is 1230. The molecule has 3 aromatic rings. The van der Waals surface area contributed by atoms with E-state index in [1.165, 1.54) is 10.6 Å². The number of aromatic hydroxyl groups is 1. The Morgan fingerprint density at radius 3 is 2.46 bits per heavy atom. The molecule has 0 saturated carbocycles. The van der Waals surface area contributed by atoms with E-state index in [1.54, 1.807) is 29.2 Å². The number of rotatable bonds is 2. The van der Waals surface area contributed by atoms with E-state index in [0.29, 0.717) is 36.8 Å². The van der Waals surface area contributed by atoms with Crippen LogP contribution in [0.5, 0.6) is 5.88 Å². The maximum atomic E-state index is 12.8. The normalized spacial score (nSPS) is 15.1. The maximum Gasteiger partial charge on any atom is 0.329 e. The fourth-order valence-corrected chi connectivity index (χ4v) is 3.67. The third kappa shape index (κ3) is 3.11. The first-order valence-electron chi connectivity index (χ1n) is 8.90. The number of amides is 1. The number of nitrogens with one attached hydrogen (secondary N) is 2. The van der Waals surface area contributed by atoms with Crippen molar-refractivity contribution < 1.29 is 9.90 Å². The van der Waals surface area contributed by atoms with Crippen LogP contribution in [0.1, 0.15) is 29.2 Å². The average Bonchev–Trinajstić information content (AvgIpc) is 2.67. The summed E-state index contributed by atoms with van der Waals surface area (Å²) in [6, 6.07) is 8.85. The third-order valence-corrected chi connectivity index (χ3v) is 5.03. The highest BCUT2D eigenvalue weighted by atomic mass is 16.3. The van der Waals surface area contributed by atoms with Crippen LogP contribution in [0.4, 0.5) is 0 Å². The molecule has 1 aliphatic heterocycles. The fraction of sp³-hybridized carbons (Fsp3) is 0.263. The van der Waals surface area contributed by atoms with Crippen molar-refractivity contribution in [3.8, 4) is 5.88 Å². The number of carbonyl (C=O) groups excluding carboxylic acids is 1. The highest BCUT2D eigenvalue weighted by molar-refractivity contribution is 5.94. The second-order valence-electron chi connectivity index (χ2n) is 6.79. The largest absolute Gasteiger partial charge is 0.494 e. The molecule has 0 atom stereocenters. The summed E-state index contributed by atoms with van der Waals surface area (Å²) in [4.78, 5) is 55.7. The Balaban J connectivity index is 1.57. The quantitative estimate of drug-likeness (QED) is 0.597. The van der Waals surface area contributed by atoms with Crippen molar-refractivity contribution in [2.45, 2.75) is 18.9 Å². The van der Waals surface area contributed by atoms with Gasteiger partial charge >= 0.3 is 5.69 Å². The molecule has 3 heterocycles. The number of fused-ring (bicyclic) bond motifs is 1. The van der Waals surface area contributed by atoms with Gasteiger partial charge in [0.05, 0.1) is 16.5 Å². The molecule has 3 N–H and O–H groups in total. The van der Waals surface area contributed by atoms with E-state index >= 15 is 0 Å². The number of hydrogen-bond donors (Lipinski definition) is 3. The van der Waals surface area contributed by atoms with Crippen LogP contribution in [0.15, 0.2) is 50.8 Å². The molecule has 1 aliphatic rings. The Hall–Kier alpha value is -3.62. The number of hydrogen-bond acceptors (Lipinski definition) is 5. The van der Waals surface area contributed by atoms with E-state index in [1.807, 2.05) is 0 Å². The lowest BCUT2D eigenvalue weighted by molar-refractivity contribution is 0.0691. The number of likely N-dealkylation sites (tertiary alicyclic amines) is 1. The maximum absolute atomic E-state index is 12.8. The lowest BCUT2D eigenvalue weighted by atomic mass is 10.0. The second-order valence-corrected chi connectivity index (χ2v) is 6.79. The molecule has 0 spiro atoms.